The second-order valence-electron chi connectivity index (χ2n) is 5.31. The zero-order chi connectivity index (χ0) is 15.5. The molecule has 0 aromatic heterocycles. The Bertz CT molecular complexity index is 608. The van der Waals surface area contributed by atoms with Gasteiger partial charge in [-0.15, -0.1) is 0 Å². The number of carbonyl (C=O) groups excluding carboxylic acids is 1. The van der Waals surface area contributed by atoms with Gasteiger partial charge in [0.1, 0.15) is 0 Å². The largest absolute Gasteiger partial charge is 0.325 e. The second-order valence-corrected chi connectivity index (χ2v) is 7.46. The Morgan fingerprint density at radius 1 is 1.33 bits per heavy atom. The van der Waals surface area contributed by atoms with E-state index in [9.17, 15) is 13.2 Å². The van der Waals surface area contributed by atoms with Crippen LogP contribution in [0.25, 0.3) is 0 Å². The monoisotopic (exact) mass is 311 g/mol. The van der Waals surface area contributed by atoms with E-state index in [2.05, 4.69) is 10.6 Å². The summed E-state index contributed by atoms with van der Waals surface area (Å²) in [5, 5.41) is 5.94. The van der Waals surface area contributed by atoms with Crippen LogP contribution in [0.1, 0.15) is 19.3 Å². The van der Waals surface area contributed by atoms with E-state index in [0.717, 1.165) is 30.1 Å². The summed E-state index contributed by atoms with van der Waals surface area (Å²) in [7, 11) is -0.536. The van der Waals surface area contributed by atoms with E-state index >= 15 is 0 Å². The zero-order valence-electron chi connectivity index (χ0n) is 12.3. The summed E-state index contributed by atoms with van der Waals surface area (Å²) >= 11 is 0. The maximum absolute atomic E-state index is 12.1. The third-order valence-corrected chi connectivity index (χ3v) is 5.32. The van der Waals surface area contributed by atoms with Crippen molar-refractivity contribution >= 4 is 21.6 Å². The molecule has 2 rings (SSSR count). The van der Waals surface area contributed by atoms with Crippen molar-refractivity contribution in [3.63, 3.8) is 0 Å². The molecule has 0 bridgehead atoms. The molecule has 0 unspecified atom stereocenters. The number of sulfonamides is 1. The van der Waals surface area contributed by atoms with E-state index in [1.807, 2.05) is 0 Å². The van der Waals surface area contributed by atoms with Crippen molar-refractivity contribution in [2.75, 3.05) is 26.0 Å². The number of amides is 1. The Morgan fingerprint density at radius 3 is 2.71 bits per heavy atom. The molecular weight excluding hydrogens is 290 g/mol. The zero-order valence-corrected chi connectivity index (χ0v) is 13.1. The lowest BCUT2D eigenvalue weighted by atomic mass is 10.0. The van der Waals surface area contributed by atoms with Gasteiger partial charge >= 0.3 is 0 Å². The van der Waals surface area contributed by atoms with E-state index in [4.69, 9.17) is 0 Å². The molecule has 21 heavy (non-hydrogen) atoms. The fraction of sp³-hybridized carbons (Fsp3) is 0.500. The highest BCUT2D eigenvalue weighted by molar-refractivity contribution is 7.89. The molecule has 1 aliphatic heterocycles. The first-order chi connectivity index (χ1) is 9.91. The molecule has 1 aromatic rings. The van der Waals surface area contributed by atoms with Gasteiger partial charge in [0.05, 0.1) is 10.9 Å². The van der Waals surface area contributed by atoms with Crippen molar-refractivity contribution in [2.24, 2.45) is 0 Å². The summed E-state index contributed by atoms with van der Waals surface area (Å²) in [6.45, 7) is 0.840. The van der Waals surface area contributed by atoms with Crippen LogP contribution in [0.4, 0.5) is 5.69 Å². The molecular formula is C14H21N3O3S. The fourth-order valence-electron chi connectivity index (χ4n) is 2.25. The van der Waals surface area contributed by atoms with Crippen molar-refractivity contribution in [2.45, 2.75) is 30.2 Å². The molecule has 6 nitrogen and oxygen atoms in total. The normalized spacial score (nSPS) is 19.5. The van der Waals surface area contributed by atoms with E-state index < -0.39 is 10.0 Å². The Kier molecular flexibility index (Phi) is 4.97. The highest BCUT2D eigenvalue weighted by Gasteiger charge is 2.21. The van der Waals surface area contributed by atoms with Gasteiger partial charge in [0.15, 0.2) is 0 Å². The first-order valence-corrected chi connectivity index (χ1v) is 8.42. The van der Waals surface area contributed by atoms with Crippen molar-refractivity contribution in [3.05, 3.63) is 24.3 Å². The third-order valence-electron chi connectivity index (χ3n) is 3.51. The highest BCUT2D eigenvalue weighted by Crippen LogP contribution is 2.18. The van der Waals surface area contributed by atoms with Crippen molar-refractivity contribution < 1.29 is 13.2 Å². The first kappa shape index (κ1) is 15.9. The van der Waals surface area contributed by atoms with Gasteiger partial charge in [0.2, 0.25) is 15.9 Å². The molecule has 1 atom stereocenters. The van der Waals surface area contributed by atoms with Crippen molar-refractivity contribution in [3.8, 4) is 0 Å². The van der Waals surface area contributed by atoms with Gasteiger partial charge in [-0.1, -0.05) is 12.5 Å². The van der Waals surface area contributed by atoms with Crippen LogP contribution in [0.15, 0.2) is 29.2 Å². The average Bonchev–Trinajstić information content (AvgIpc) is 2.48. The average molecular weight is 311 g/mol. The van der Waals surface area contributed by atoms with Crippen molar-refractivity contribution in [1.82, 2.24) is 9.62 Å². The van der Waals surface area contributed by atoms with Crippen LogP contribution in [-0.2, 0) is 14.8 Å². The Hall–Kier alpha value is -1.44. The Morgan fingerprint density at radius 2 is 2.10 bits per heavy atom. The smallest absolute Gasteiger partial charge is 0.242 e. The number of hydrogen-bond acceptors (Lipinski definition) is 4. The van der Waals surface area contributed by atoms with Gasteiger partial charge in [-0.2, -0.15) is 0 Å². The van der Waals surface area contributed by atoms with Gasteiger partial charge in [0.25, 0.3) is 0 Å². The van der Waals surface area contributed by atoms with Gasteiger partial charge in [0, 0.05) is 19.8 Å². The molecule has 7 heteroatoms. The number of nitrogens with zero attached hydrogens (tertiary/aromatic N) is 1. The van der Waals surface area contributed by atoms with Crippen LogP contribution in [-0.4, -0.2) is 45.3 Å². The standard InChI is InChI=1S/C14H21N3O3S/c1-17(2)21(19,20)12-7-5-6-11(10-12)16-14(18)13-8-3-4-9-15-13/h5-7,10,13,15H,3-4,8-9H2,1-2H3,(H,16,18)/t13-/m0/s1. The molecule has 1 aromatic carbocycles. The van der Waals surface area contributed by atoms with Crippen LogP contribution in [0.2, 0.25) is 0 Å². The molecule has 1 heterocycles. The van der Waals surface area contributed by atoms with E-state index in [1.165, 1.54) is 26.2 Å². The lowest BCUT2D eigenvalue weighted by Crippen LogP contribution is -2.43. The van der Waals surface area contributed by atoms with Gasteiger partial charge in [-0.3, -0.25) is 4.79 Å². The predicted molar refractivity (Wildman–Crippen MR) is 81.6 cm³/mol. The van der Waals surface area contributed by atoms with E-state index in [-0.39, 0.29) is 16.8 Å². The van der Waals surface area contributed by atoms with Crippen LogP contribution in [0.3, 0.4) is 0 Å². The van der Waals surface area contributed by atoms with E-state index in [0.29, 0.717) is 5.69 Å². The SMILES string of the molecule is CN(C)S(=O)(=O)c1cccc(NC(=O)[C@@H]2CCCCN2)c1. The first-order valence-electron chi connectivity index (χ1n) is 6.98. The van der Waals surface area contributed by atoms with Crippen LogP contribution >= 0.6 is 0 Å². The van der Waals surface area contributed by atoms with Crippen LogP contribution in [0.5, 0.6) is 0 Å². The number of carbonyl (C=O) groups is 1. The number of rotatable bonds is 4. The predicted octanol–water partition coefficient (Wildman–Crippen LogP) is 1.02. The topological polar surface area (TPSA) is 78.5 Å². The molecule has 0 aliphatic carbocycles. The molecule has 1 amide bonds. The van der Waals surface area contributed by atoms with Gasteiger partial charge in [-0.05, 0) is 37.6 Å². The quantitative estimate of drug-likeness (QED) is 0.870. The lowest BCUT2D eigenvalue weighted by molar-refractivity contribution is -0.118. The fourth-order valence-corrected chi connectivity index (χ4v) is 3.20. The molecule has 2 N–H and O–H groups in total. The molecule has 1 saturated heterocycles. The molecule has 0 radical (unpaired) electrons. The minimum atomic E-state index is -3.49. The summed E-state index contributed by atoms with van der Waals surface area (Å²) in [5.41, 5.74) is 0.496. The maximum atomic E-state index is 12.1. The van der Waals surface area contributed by atoms with Crippen LogP contribution in [0, 0.1) is 0 Å². The maximum Gasteiger partial charge on any atom is 0.242 e. The number of hydrogen-bond donors (Lipinski definition) is 2. The van der Waals surface area contributed by atoms with E-state index in [1.54, 1.807) is 12.1 Å². The minimum Gasteiger partial charge on any atom is -0.325 e. The number of benzene rings is 1. The molecule has 116 valence electrons. The van der Waals surface area contributed by atoms with Crippen molar-refractivity contribution in [1.29, 1.82) is 0 Å². The highest BCUT2D eigenvalue weighted by atomic mass is 32.2. The number of piperidine rings is 1. The molecule has 1 fully saturated rings. The van der Waals surface area contributed by atoms with Crippen LogP contribution < -0.4 is 10.6 Å². The summed E-state index contributed by atoms with van der Waals surface area (Å²) in [5.74, 6) is -0.117. The second kappa shape index (κ2) is 6.55. The molecule has 0 saturated carbocycles. The summed E-state index contributed by atoms with van der Waals surface area (Å²) < 4.78 is 25.3. The number of nitrogens with one attached hydrogen (secondary N) is 2. The third kappa shape index (κ3) is 3.81. The molecule has 1 aliphatic rings. The molecule has 0 spiro atoms. The van der Waals surface area contributed by atoms with Gasteiger partial charge < -0.3 is 10.6 Å². The summed E-state index contributed by atoms with van der Waals surface area (Å²) in [6, 6.07) is 6.11. The number of anilines is 1. The minimum absolute atomic E-state index is 0.117. The van der Waals surface area contributed by atoms with Gasteiger partial charge in [-0.25, -0.2) is 12.7 Å². The Balaban J connectivity index is 2.13. The lowest BCUT2D eigenvalue weighted by Gasteiger charge is -2.22. The summed E-state index contributed by atoms with van der Waals surface area (Å²) in [6.07, 6.45) is 2.92. The summed E-state index contributed by atoms with van der Waals surface area (Å²) in [4.78, 5) is 12.3. The Labute approximate surface area is 125 Å².